The second-order valence-corrected chi connectivity index (χ2v) is 4.71. The standard InChI is InChI=1S/C14H23NO4.ClH/c1-8(2)14(16)13(15)12-10(18-4)6-9(17-3)7-11(12)19-5;/h6-8,13-14,16H,15H2,1-5H3;1H/t13-,14+;/m0./s1. The molecule has 0 amide bonds. The summed E-state index contributed by atoms with van der Waals surface area (Å²) in [4.78, 5) is 0. The van der Waals surface area contributed by atoms with Crippen molar-refractivity contribution in [3.05, 3.63) is 17.7 Å². The molecular weight excluding hydrogens is 282 g/mol. The van der Waals surface area contributed by atoms with Gasteiger partial charge in [0.2, 0.25) is 0 Å². The largest absolute Gasteiger partial charge is 0.496 e. The lowest BCUT2D eigenvalue weighted by Gasteiger charge is -2.26. The zero-order chi connectivity index (χ0) is 14.6. The van der Waals surface area contributed by atoms with E-state index in [1.807, 2.05) is 13.8 Å². The molecule has 20 heavy (non-hydrogen) atoms. The summed E-state index contributed by atoms with van der Waals surface area (Å²) in [6, 6.07) is 2.87. The summed E-state index contributed by atoms with van der Waals surface area (Å²) in [5, 5.41) is 10.1. The van der Waals surface area contributed by atoms with Crippen LogP contribution in [0.5, 0.6) is 17.2 Å². The minimum atomic E-state index is -0.684. The van der Waals surface area contributed by atoms with E-state index in [9.17, 15) is 5.11 Å². The highest BCUT2D eigenvalue weighted by Crippen LogP contribution is 2.39. The van der Waals surface area contributed by atoms with E-state index in [0.717, 1.165) is 0 Å². The zero-order valence-electron chi connectivity index (χ0n) is 12.5. The monoisotopic (exact) mass is 305 g/mol. The second kappa shape index (κ2) is 8.19. The van der Waals surface area contributed by atoms with Crippen LogP contribution in [0, 0.1) is 5.92 Å². The molecule has 2 atom stereocenters. The Hall–Kier alpha value is -1.17. The lowest BCUT2D eigenvalue weighted by Crippen LogP contribution is -2.31. The van der Waals surface area contributed by atoms with Crippen molar-refractivity contribution in [2.75, 3.05) is 21.3 Å². The Morgan fingerprint density at radius 3 is 1.75 bits per heavy atom. The van der Waals surface area contributed by atoms with Gasteiger partial charge in [-0.1, -0.05) is 13.8 Å². The molecule has 0 spiro atoms. The van der Waals surface area contributed by atoms with Crippen LogP contribution in [0.2, 0.25) is 0 Å². The van der Waals surface area contributed by atoms with Crippen LogP contribution in [0.4, 0.5) is 0 Å². The molecule has 0 radical (unpaired) electrons. The number of aliphatic hydroxyl groups is 1. The van der Waals surface area contributed by atoms with Crippen molar-refractivity contribution in [2.24, 2.45) is 11.7 Å². The number of nitrogens with two attached hydrogens (primary N) is 1. The molecule has 1 rings (SSSR count). The SMILES string of the molecule is COc1cc(OC)c([C@H](N)[C@H](O)C(C)C)c(OC)c1.Cl. The number of halogens is 1. The van der Waals surface area contributed by atoms with Gasteiger partial charge in [0, 0.05) is 12.1 Å². The third-order valence-electron chi connectivity index (χ3n) is 3.14. The van der Waals surface area contributed by atoms with E-state index in [1.165, 1.54) is 0 Å². The third kappa shape index (κ3) is 3.91. The van der Waals surface area contributed by atoms with E-state index in [1.54, 1.807) is 33.5 Å². The molecule has 0 bridgehead atoms. The van der Waals surface area contributed by atoms with Crippen LogP contribution in [-0.2, 0) is 0 Å². The predicted octanol–water partition coefficient (Wildman–Crippen LogP) is 2.15. The van der Waals surface area contributed by atoms with Crippen molar-refractivity contribution < 1.29 is 19.3 Å². The van der Waals surface area contributed by atoms with Crippen molar-refractivity contribution in [2.45, 2.75) is 26.0 Å². The minimum absolute atomic E-state index is 0. The molecule has 116 valence electrons. The van der Waals surface area contributed by atoms with Crippen LogP contribution < -0.4 is 19.9 Å². The molecule has 0 saturated carbocycles. The highest BCUT2D eigenvalue weighted by Gasteiger charge is 2.27. The van der Waals surface area contributed by atoms with Gasteiger partial charge in [-0.15, -0.1) is 12.4 Å². The predicted molar refractivity (Wildman–Crippen MR) is 81.1 cm³/mol. The van der Waals surface area contributed by atoms with Gasteiger partial charge in [0.15, 0.2) is 0 Å². The minimum Gasteiger partial charge on any atom is -0.496 e. The lowest BCUT2D eigenvalue weighted by molar-refractivity contribution is 0.0958. The van der Waals surface area contributed by atoms with Gasteiger partial charge in [-0.3, -0.25) is 0 Å². The van der Waals surface area contributed by atoms with E-state index in [2.05, 4.69) is 0 Å². The topological polar surface area (TPSA) is 73.9 Å². The summed E-state index contributed by atoms with van der Waals surface area (Å²) < 4.78 is 15.8. The van der Waals surface area contributed by atoms with Gasteiger partial charge in [-0.25, -0.2) is 0 Å². The van der Waals surface area contributed by atoms with Gasteiger partial charge in [-0.05, 0) is 5.92 Å². The molecule has 1 aromatic rings. The fourth-order valence-corrected chi connectivity index (χ4v) is 1.95. The van der Waals surface area contributed by atoms with Crippen molar-refractivity contribution >= 4 is 12.4 Å². The normalized spacial score (nSPS) is 13.4. The second-order valence-electron chi connectivity index (χ2n) is 4.71. The molecule has 0 aliphatic carbocycles. The van der Waals surface area contributed by atoms with E-state index >= 15 is 0 Å². The Labute approximate surface area is 126 Å². The van der Waals surface area contributed by atoms with Gasteiger partial charge in [0.05, 0.1) is 39.0 Å². The highest BCUT2D eigenvalue weighted by atomic mass is 35.5. The summed E-state index contributed by atoms with van der Waals surface area (Å²) in [7, 11) is 4.66. The van der Waals surface area contributed by atoms with Crippen molar-refractivity contribution in [1.82, 2.24) is 0 Å². The molecule has 0 fully saturated rings. The number of rotatable bonds is 6. The summed E-state index contributed by atoms with van der Waals surface area (Å²) in [5.74, 6) is 1.74. The third-order valence-corrected chi connectivity index (χ3v) is 3.14. The summed E-state index contributed by atoms with van der Waals surface area (Å²) in [5.41, 5.74) is 6.78. The Balaban J connectivity index is 0.00000361. The molecule has 0 aliphatic heterocycles. The van der Waals surface area contributed by atoms with Crippen LogP contribution in [0.25, 0.3) is 0 Å². The first-order valence-corrected chi connectivity index (χ1v) is 6.19. The van der Waals surface area contributed by atoms with Crippen LogP contribution in [0.1, 0.15) is 25.5 Å². The summed E-state index contributed by atoms with van der Waals surface area (Å²) in [6.07, 6.45) is -0.684. The molecule has 0 aliphatic rings. The van der Waals surface area contributed by atoms with Gasteiger partial charge >= 0.3 is 0 Å². The van der Waals surface area contributed by atoms with Crippen LogP contribution in [-0.4, -0.2) is 32.5 Å². The van der Waals surface area contributed by atoms with Gasteiger partial charge in [0.1, 0.15) is 17.2 Å². The average molecular weight is 306 g/mol. The van der Waals surface area contributed by atoms with E-state index < -0.39 is 12.1 Å². The first-order chi connectivity index (χ1) is 8.96. The number of hydrogen-bond donors (Lipinski definition) is 2. The van der Waals surface area contributed by atoms with Gasteiger partial charge in [0.25, 0.3) is 0 Å². The van der Waals surface area contributed by atoms with Crippen molar-refractivity contribution in [3.8, 4) is 17.2 Å². The molecule has 5 nitrogen and oxygen atoms in total. The summed E-state index contributed by atoms with van der Waals surface area (Å²) in [6.45, 7) is 3.82. The molecule has 0 saturated heterocycles. The maximum absolute atomic E-state index is 10.1. The van der Waals surface area contributed by atoms with Crippen LogP contribution >= 0.6 is 12.4 Å². The van der Waals surface area contributed by atoms with Crippen LogP contribution in [0.15, 0.2) is 12.1 Å². The number of benzene rings is 1. The van der Waals surface area contributed by atoms with E-state index in [0.29, 0.717) is 22.8 Å². The fourth-order valence-electron chi connectivity index (χ4n) is 1.95. The smallest absolute Gasteiger partial charge is 0.131 e. The average Bonchev–Trinajstić information content (AvgIpc) is 2.43. The molecule has 3 N–H and O–H groups in total. The maximum Gasteiger partial charge on any atom is 0.131 e. The first-order valence-electron chi connectivity index (χ1n) is 6.19. The maximum atomic E-state index is 10.1. The molecule has 0 heterocycles. The highest BCUT2D eigenvalue weighted by molar-refractivity contribution is 5.85. The molecule has 0 aromatic heterocycles. The first kappa shape index (κ1) is 18.8. The van der Waals surface area contributed by atoms with Crippen molar-refractivity contribution in [1.29, 1.82) is 0 Å². The number of aliphatic hydroxyl groups excluding tert-OH is 1. The molecule has 0 unspecified atom stereocenters. The Morgan fingerprint density at radius 2 is 1.45 bits per heavy atom. The molecular formula is C14H24ClNO4. The Kier molecular flexibility index (Phi) is 7.71. The fraction of sp³-hybridized carbons (Fsp3) is 0.571. The molecule has 1 aromatic carbocycles. The lowest BCUT2D eigenvalue weighted by atomic mass is 9.93. The number of methoxy groups -OCH3 is 3. The van der Waals surface area contributed by atoms with Gasteiger partial charge < -0.3 is 25.1 Å². The number of hydrogen-bond acceptors (Lipinski definition) is 5. The molecule has 6 heteroatoms. The van der Waals surface area contributed by atoms with Gasteiger partial charge in [-0.2, -0.15) is 0 Å². The Bertz CT molecular complexity index is 401. The Morgan fingerprint density at radius 1 is 1.00 bits per heavy atom. The zero-order valence-corrected chi connectivity index (χ0v) is 13.4. The number of ether oxygens (including phenoxy) is 3. The van der Waals surface area contributed by atoms with E-state index in [-0.39, 0.29) is 18.3 Å². The quantitative estimate of drug-likeness (QED) is 0.842. The van der Waals surface area contributed by atoms with Crippen LogP contribution in [0.3, 0.4) is 0 Å². The summed E-state index contributed by atoms with van der Waals surface area (Å²) >= 11 is 0. The van der Waals surface area contributed by atoms with E-state index in [4.69, 9.17) is 19.9 Å². The van der Waals surface area contributed by atoms with Crippen molar-refractivity contribution in [3.63, 3.8) is 0 Å².